The third-order valence-corrected chi connectivity index (χ3v) is 3.21. The molecule has 0 unspecified atom stereocenters. The first-order valence-corrected chi connectivity index (χ1v) is 6.64. The minimum atomic E-state index is -0.218. The minimum Gasteiger partial charge on any atom is -0.507 e. The molecule has 0 aliphatic carbocycles. The van der Waals surface area contributed by atoms with Crippen LogP contribution in [0.1, 0.15) is 37.0 Å². The van der Waals surface area contributed by atoms with Gasteiger partial charge in [0.05, 0.1) is 5.56 Å². The zero-order chi connectivity index (χ0) is 13.8. The molecule has 0 radical (unpaired) electrons. The molecule has 0 aliphatic rings. The van der Waals surface area contributed by atoms with Crippen molar-refractivity contribution in [3.8, 4) is 5.75 Å². The summed E-state index contributed by atoms with van der Waals surface area (Å²) in [7, 11) is 0. The number of benzene rings is 2. The number of rotatable bonds is 4. The summed E-state index contributed by atoms with van der Waals surface area (Å²) in [4.78, 5) is 12.1. The summed E-state index contributed by atoms with van der Waals surface area (Å²) in [6.45, 7) is 4.05. The molecule has 2 aromatic rings. The first-order valence-electron chi connectivity index (χ1n) is 6.64. The van der Waals surface area contributed by atoms with Crippen molar-refractivity contribution >= 4 is 16.7 Å². The van der Waals surface area contributed by atoms with Crippen LogP contribution in [-0.4, -0.2) is 17.1 Å². The highest BCUT2D eigenvalue weighted by atomic mass is 16.3. The highest BCUT2D eigenvalue weighted by Gasteiger charge is 2.14. The normalized spacial score (nSPS) is 12.3. The maximum absolute atomic E-state index is 12.1. The van der Waals surface area contributed by atoms with Crippen molar-refractivity contribution in [3.05, 3.63) is 42.0 Å². The lowest BCUT2D eigenvalue weighted by Gasteiger charge is -2.14. The fourth-order valence-electron chi connectivity index (χ4n) is 2.22. The number of nitrogens with one attached hydrogen (secondary N) is 1. The monoisotopic (exact) mass is 257 g/mol. The summed E-state index contributed by atoms with van der Waals surface area (Å²) in [6, 6.07) is 11.2. The molecule has 19 heavy (non-hydrogen) atoms. The molecular formula is C16H19NO2. The van der Waals surface area contributed by atoms with E-state index in [2.05, 4.69) is 12.2 Å². The van der Waals surface area contributed by atoms with E-state index in [1.165, 1.54) is 0 Å². The van der Waals surface area contributed by atoms with Crippen molar-refractivity contribution in [2.45, 2.75) is 32.7 Å². The lowest BCUT2D eigenvalue weighted by molar-refractivity contribution is 0.0936. The van der Waals surface area contributed by atoms with E-state index in [0.717, 1.165) is 23.6 Å². The number of phenols is 1. The van der Waals surface area contributed by atoms with Crippen LogP contribution in [0.2, 0.25) is 0 Å². The van der Waals surface area contributed by atoms with Crippen molar-refractivity contribution in [1.82, 2.24) is 5.32 Å². The number of carbonyl (C=O) groups is 1. The molecule has 0 saturated heterocycles. The molecule has 0 aromatic heterocycles. The second-order valence-electron chi connectivity index (χ2n) is 4.88. The highest BCUT2D eigenvalue weighted by Crippen LogP contribution is 2.25. The van der Waals surface area contributed by atoms with E-state index in [9.17, 15) is 9.90 Å². The average molecular weight is 257 g/mol. The van der Waals surface area contributed by atoms with Gasteiger partial charge >= 0.3 is 0 Å². The third-order valence-electron chi connectivity index (χ3n) is 3.21. The Morgan fingerprint density at radius 1 is 1.26 bits per heavy atom. The lowest BCUT2D eigenvalue weighted by atomic mass is 10.0. The maximum Gasteiger partial charge on any atom is 0.255 e. The minimum absolute atomic E-state index is 0.0277. The van der Waals surface area contributed by atoms with Crippen LogP contribution in [0.3, 0.4) is 0 Å². The molecule has 0 aliphatic heterocycles. The number of hydrogen-bond acceptors (Lipinski definition) is 2. The zero-order valence-corrected chi connectivity index (χ0v) is 11.3. The van der Waals surface area contributed by atoms with Gasteiger partial charge in [0.25, 0.3) is 5.91 Å². The van der Waals surface area contributed by atoms with Crippen molar-refractivity contribution in [2.24, 2.45) is 0 Å². The fraction of sp³-hybridized carbons (Fsp3) is 0.312. The summed E-state index contributed by atoms with van der Waals surface area (Å²) < 4.78 is 0. The Morgan fingerprint density at radius 2 is 1.89 bits per heavy atom. The molecule has 0 bridgehead atoms. The molecule has 3 nitrogen and oxygen atoms in total. The Balaban J connectivity index is 2.29. The molecule has 0 spiro atoms. The summed E-state index contributed by atoms with van der Waals surface area (Å²) in [6.07, 6.45) is 1.95. The topological polar surface area (TPSA) is 49.3 Å². The van der Waals surface area contributed by atoms with Gasteiger partial charge < -0.3 is 10.4 Å². The Hall–Kier alpha value is -2.03. The van der Waals surface area contributed by atoms with E-state index < -0.39 is 0 Å². The number of hydrogen-bond donors (Lipinski definition) is 2. The van der Waals surface area contributed by atoms with Crippen molar-refractivity contribution in [1.29, 1.82) is 0 Å². The van der Waals surface area contributed by atoms with Gasteiger partial charge in [-0.2, -0.15) is 0 Å². The van der Waals surface area contributed by atoms with Gasteiger partial charge in [-0.3, -0.25) is 4.79 Å². The molecule has 2 rings (SSSR count). The van der Waals surface area contributed by atoms with Crippen LogP contribution in [-0.2, 0) is 0 Å². The predicted molar refractivity (Wildman–Crippen MR) is 77.4 cm³/mol. The Bertz CT molecular complexity index is 592. The standard InChI is InChI=1S/C16H19NO2/c1-3-6-11(2)17-16(19)14-9-12-7-4-5-8-13(12)10-15(14)18/h4-5,7-11,18H,3,6H2,1-2H3,(H,17,19)/t11-/m1/s1. The second-order valence-corrected chi connectivity index (χ2v) is 4.88. The first-order chi connectivity index (χ1) is 9.11. The van der Waals surface area contributed by atoms with Gasteiger partial charge in [0.15, 0.2) is 0 Å². The molecule has 2 N–H and O–H groups in total. The molecular weight excluding hydrogens is 238 g/mol. The van der Waals surface area contributed by atoms with Gasteiger partial charge in [0.2, 0.25) is 0 Å². The van der Waals surface area contributed by atoms with Crippen LogP contribution in [0.15, 0.2) is 36.4 Å². The molecule has 100 valence electrons. The van der Waals surface area contributed by atoms with E-state index in [1.807, 2.05) is 31.2 Å². The summed E-state index contributed by atoms with van der Waals surface area (Å²) in [5.41, 5.74) is 0.335. The van der Waals surface area contributed by atoms with Gasteiger partial charge in [-0.15, -0.1) is 0 Å². The zero-order valence-electron chi connectivity index (χ0n) is 11.3. The largest absolute Gasteiger partial charge is 0.507 e. The number of amides is 1. The molecule has 3 heteroatoms. The Kier molecular flexibility index (Phi) is 4.05. The van der Waals surface area contributed by atoms with Gasteiger partial charge in [0.1, 0.15) is 5.75 Å². The predicted octanol–water partition coefficient (Wildman–Crippen LogP) is 3.46. The molecule has 1 amide bonds. The summed E-state index contributed by atoms with van der Waals surface area (Å²) in [5, 5.41) is 14.7. The molecule has 0 heterocycles. The summed E-state index contributed by atoms with van der Waals surface area (Å²) >= 11 is 0. The number of carbonyl (C=O) groups excluding carboxylic acids is 1. The quantitative estimate of drug-likeness (QED) is 0.881. The number of fused-ring (bicyclic) bond motifs is 1. The first kappa shape index (κ1) is 13.4. The third kappa shape index (κ3) is 3.05. The summed E-state index contributed by atoms with van der Waals surface area (Å²) in [5.74, 6) is -0.191. The Morgan fingerprint density at radius 3 is 2.53 bits per heavy atom. The molecule has 0 fully saturated rings. The van der Waals surface area contributed by atoms with Crippen molar-refractivity contribution in [2.75, 3.05) is 0 Å². The van der Waals surface area contributed by atoms with E-state index in [0.29, 0.717) is 5.56 Å². The molecule has 1 atom stereocenters. The van der Waals surface area contributed by atoms with Crippen molar-refractivity contribution in [3.63, 3.8) is 0 Å². The van der Waals surface area contributed by atoms with Crippen LogP contribution in [0.25, 0.3) is 10.8 Å². The van der Waals surface area contributed by atoms with Crippen molar-refractivity contribution < 1.29 is 9.90 Å². The van der Waals surface area contributed by atoms with Gasteiger partial charge in [0, 0.05) is 6.04 Å². The number of aromatic hydroxyl groups is 1. The molecule has 2 aromatic carbocycles. The average Bonchev–Trinajstić information content (AvgIpc) is 2.38. The van der Waals surface area contributed by atoms with E-state index >= 15 is 0 Å². The lowest BCUT2D eigenvalue weighted by Crippen LogP contribution is -2.32. The van der Waals surface area contributed by atoms with Gasteiger partial charge in [-0.05, 0) is 36.2 Å². The van der Waals surface area contributed by atoms with Crippen LogP contribution in [0.5, 0.6) is 5.75 Å². The van der Waals surface area contributed by atoms with E-state index in [4.69, 9.17) is 0 Å². The van der Waals surface area contributed by atoms with E-state index in [-0.39, 0.29) is 17.7 Å². The maximum atomic E-state index is 12.1. The smallest absolute Gasteiger partial charge is 0.255 e. The van der Waals surface area contributed by atoms with Crippen LogP contribution >= 0.6 is 0 Å². The van der Waals surface area contributed by atoms with Gasteiger partial charge in [-0.25, -0.2) is 0 Å². The Labute approximate surface area is 113 Å². The SMILES string of the molecule is CCC[C@@H](C)NC(=O)c1cc2ccccc2cc1O. The molecule has 0 saturated carbocycles. The van der Waals surface area contributed by atoms with E-state index in [1.54, 1.807) is 12.1 Å². The fourth-order valence-corrected chi connectivity index (χ4v) is 2.22. The van der Waals surface area contributed by atoms with Crippen LogP contribution in [0, 0.1) is 0 Å². The van der Waals surface area contributed by atoms with Crippen LogP contribution < -0.4 is 5.32 Å². The second kappa shape index (κ2) is 5.74. The highest BCUT2D eigenvalue weighted by molar-refractivity contribution is 6.01. The van der Waals surface area contributed by atoms with Gasteiger partial charge in [-0.1, -0.05) is 37.6 Å². The van der Waals surface area contributed by atoms with Crippen LogP contribution in [0.4, 0.5) is 0 Å². The number of phenolic OH excluding ortho intramolecular Hbond substituents is 1.